The molecule has 0 saturated heterocycles. The first-order valence-electron chi connectivity index (χ1n) is 32.8. The molecule has 0 aliphatic rings. The highest BCUT2D eigenvalue weighted by atomic mass is 16.7. The average molecular weight is 1080 g/mol. The lowest BCUT2D eigenvalue weighted by Crippen LogP contribution is -2.44. The highest BCUT2D eigenvalue weighted by molar-refractivity contribution is 5.70. The molecule has 0 spiro atoms. The van der Waals surface area contributed by atoms with Crippen molar-refractivity contribution in [3.63, 3.8) is 0 Å². The first kappa shape index (κ1) is 74.2. The van der Waals surface area contributed by atoms with Gasteiger partial charge in [0.1, 0.15) is 13.2 Å². The van der Waals surface area contributed by atoms with E-state index in [0.717, 1.165) is 64.2 Å². The molecule has 2 atom stereocenters. The fourth-order valence-corrected chi connectivity index (χ4v) is 9.48. The summed E-state index contributed by atoms with van der Waals surface area (Å²) >= 11 is 0. The summed E-state index contributed by atoms with van der Waals surface area (Å²) in [6.45, 7) is 4.76. The van der Waals surface area contributed by atoms with Gasteiger partial charge in [0.05, 0.1) is 40.3 Å². The maximum absolute atomic E-state index is 12.9. The molecule has 0 aliphatic carbocycles. The largest absolute Gasteiger partial charge is 0.545 e. The van der Waals surface area contributed by atoms with Crippen LogP contribution in [0.15, 0.2) is 48.6 Å². The quantitative estimate of drug-likeness (QED) is 0.0195. The minimum atomic E-state index is -1.62. The lowest BCUT2D eigenvalue weighted by Gasteiger charge is -2.26. The maximum atomic E-state index is 12.9. The van der Waals surface area contributed by atoms with Crippen molar-refractivity contribution in [3.8, 4) is 0 Å². The van der Waals surface area contributed by atoms with Crippen molar-refractivity contribution >= 4 is 17.9 Å². The van der Waals surface area contributed by atoms with Crippen LogP contribution in [0.2, 0.25) is 0 Å². The van der Waals surface area contributed by atoms with E-state index in [-0.39, 0.29) is 38.6 Å². The number of esters is 2. The van der Waals surface area contributed by atoms with Crippen molar-refractivity contribution in [1.82, 2.24) is 0 Å². The second kappa shape index (κ2) is 59.4. The number of carboxylic acids is 1. The molecule has 0 bridgehead atoms. The fourth-order valence-electron chi connectivity index (χ4n) is 9.48. The van der Waals surface area contributed by atoms with E-state index >= 15 is 0 Å². The van der Waals surface area contributed by atoms with Crippen LogP contribution in [-0.4, -0.2) is 82.3 Å². The zero-order valence-corrected chi connectivity index (χ0v) is 51.3. The minimum Gasteiger partial charge on any atom is -0.545 e. The Morgan fingerprint density at radius 1 is 0.390 bits per heavy atom. The van der Waals surface area contributed by atoms with Gasteiger partial charge in [-0.2, -0.15) is 0 Å². The molecule has 0 fully saturated rings. The van der Waals surface area contributed by atoms with Gasteiger partial charge in [-0.15, -0.1) is 0 Å². The number of carboxylic acid groups (broad SMARTS) is 1. The Balaban J connectivity index is 4.00. The number of unbranched alkanes of at least 4 members (excludes halogenated alkanes) is 38. The third-order valence-electron chi connectivity index (χ3n) is 14.5. The van der Waals surface area contributed by atoms with Gasteiger partial charge in [-0.05, 0) is 77.0 Å². The van der Waals surface area contributed by atoms with E-state index in [1.807, 2.05) is 21.1 Å². The lowest BCUT2D eigenvalue weighted by atomic mass is 10.0. The molecule has 0 aromatic heterocycles. The number of ether oxygens (including phenoxy) is 4. The van der Waals surface area contributed by atoms with E-state index in [1.54, 1.807) is 0 Å². The van der Waals surface area contributed by atoms with Crippen LogP contribution in [0.25, 0.3) is 0 Å². The van der Waals surface area contributed by atoms with Gasteiger partial charge < -0.3 is 33.3 Å². The zero-order valence-electron chi connectivity index (χ0n) is 51.3. The molecule has 450 valence electrons. The van der Waals surface area contributed by atoms with E-state index in [2.05, 4.69) is 62.5 Å². The van der Waals surface area contributed by atoms with Gasteiger partial charge in [0.25, 0.3) is 0 Å². The summed E-state index contributed by atoms with van der Waals surface area (Å²) in [5.41, 5.74) is 0. The van der Waals surface area contributed by atoms with Crippen molar-refractivity contribution in [3.05, 3.63) is 48.6 Å². The number of rotatable bonds is 61. The number of hydrogen-bond donors (Lipinski definition) is 0. The van der Waals surface area contributed by atoms with E-state index < -0.39 is 24.3 Å². The molecular weight excluding hydrogens is 959 g/mol. The first-order chi connectivity index (χ1) is 37.6. The van der Waals surface area contributed by atoms with Crippen molar-refractivity contribution in [2.45, 2.75) is 322 Å². The van der Waals surface area contributed by atoms with E-state index in [9.17, 15) is 19.5 Å². The van der Waals surface area contributed by atoms with Crippen LogP contribution in [0.4, 0.5) is 0 Å². The van der Waals surface area contributed by atoms with E-state index in [4.69, 9.17) is 18.9 Å². The van der Waals surface area contributed by atoms with Gasteiger partial charge in [0, 0.05) is 12.8 Å². The third kappa shape index (κ3) is 60.7. The molecule has 2 unspecified atom stereocenters. The Morgan fingerprint density at radius 2 is 0.701 bits per heavy atom. The topological polar surface area (TPSA) is 111 Å². The van der Waals surface area contributed by atoms with Gasteiger partial charge in [-0.1, -0.05) is 268 Å². The minimum absolute atomic E-state index is 0.148. The summed E-state index contributed by atoms with van der Waals surface area (Å²) in [6.07, 6.45) is 72.0. The molecule has 0 aliphatic heterocycles. The molecule has 0 rings (SSSR count). The highest BCUT2D eigenvalue weighted by Crippen LogP contribution is 2.17. The SMILES string of the molecule is CCCCCCC/C=C\C/C=C\C/C=C\CCCCCCCCCCCCCCCCCCCCCCCCC(=O)OC(COC(=O)CCCCCCC/C=C\CCCCCCCC)COC(OCC[N+](C)(C)C)C(=O)[O-]. The van der Waals surface area contributed by atoms with Crippen LogP contribution in [0.3, 0.4) is 0 Å². The van der Waals surface area contributed by atoms with Crippen molar-refractivity contribution in [1.29, 1.82) is 0 Å². The van der Waals surface area contributed by atoms with Crippen molar-refractivity contribution in [2.24, 2.45) is 0 Å². The third-order valence-corrected chi connectivity index (χ3v) is 14.5. The predicted octanol–water partition coefficient (Wildman–Crippen LogP) is 18.5. The molecule has 0 N–H and O–H groups in total. The summed E-state index contributed by atoms with van der Waals surface area (Å²) in [4.78, 5) is 37.3. The second-order valence-electron chi connectivity index (χ2n) is 23.4. The molecule has 9 nitrogen and oxygen atoms in total. The molecule has 77 heavy (non-hydrogen) atoms. The Hall–Kier alpha value is -2.75. The zero-order chi connectivity index (χ0) is 56.2. The van der Waals surface area contributed by atoms with Gasteiger partial charge >= 0.3 is 11.9 Å². The normalized spacial score (nSPS) is 13.0. The Labute approximate surface area is 476 Å². The summed E-state index contributed by atoms with van der Waals surface area (Å²) in [7, 11) is 5.93. The molecule has 0 heterocycles. The standard InChI is InChI=1S/C68H125NO8/c1-6-8-10-12-14-16-18-20-22-23-24-25-26-27-28-29-30-31-32-33-34-35-36-37-38-39-40-41-42-43-45-47-49-51-53-55-57-59-66(71)77-64(63-76-68(67(72)73)74-61-60-69(3,4)5)62-75-65(70)58-56-54-52-50-48-46-44-21-19-17-15-13-11-9-7-2/h18,20-21,23-24,26-27,44,64,68H,6-17,19,22,25,28-43,45-63H2,1-5H3/b20-18-,24-23-,27-26-,44-21-. The average Bonchev–Trinajstić information content (AvgIpc) is 3.40. The summed E-state index contributed by atoms with van der Waals surface area (Å²) in [5, 5.41) is 11.8. The molecule has 0 amide bonds. The smallest absolute Gasteiger partial charge is 0.306 e. The van der Waals surface area contributed by atoms with Gasteiger partial charge in [-0.25, -0.2) is 0 Å². The highest BCUT2D eigenvalue weighted by Gasteiger charge is 2.22. The molecular formula is C68H125NO8. The number of aliphatic carboxylic acids is 1. The Morgan fingerprint density at radius 3 is 1.05 bits per heavy atom. The fraction of sp³-hybridized carbons (Fsp3) is 0.838. The molecule has 0 saturated carbocycles. The van der Waals surface area contributed by atoms with Crippen LogP contribution < -0.4 is 5.11 Å². The van der Waals surface area contributed by atoms with Crippen LogP contribution in [0.5, 0.6) is 0 Å². The molecule has 0 aromatic rings. The first-order valence-corrected chi connectivity index (χ1v) is 32.8. The monoisotopic (exact) mass is 1080 g/mol. The van der Waals surface area contributed by atoms with Crippen LogP contribution in [0.1, 0.15) is 309 Å². The van der Waals surface area contributed by atoms with E-state index in [0.29, 0.717) is 17.4 Å². The lowest BCUT2D eigenvalue weighted by molar-refractivity contribution is -0.870. The van der Waals surface area contributed by atoms with Crippen LogP contribution in [-0.2, 0) is 33.3 Å². The van der Waals surface area contributed by atoms with Gasteiger partial charge in [0.2, 0.25) is 0 Å². The Bertz CT molecular complexity index is 1400. The van der Waals surface area contributed by atoms with Crippen molar-refractivity contribution < 1.29 is 42.9 Å². The molecule has 0 radical (unpaired) electrons. The van der Waals surface area contributed by atoms with Crippen LogP contribution >= 0.6 is 0 Å². The van der Waals surface area contributed by atoms with E-state index in [1.165, 1.54) is 212 Å². The van der Waals surface area contributed by atoms with Crippen LogP contribution in [0, 0.1) is 0 Å². The molecule has 0 aromatic carbocycles. The molecule has 9 heteroatoms. The number of allylic oxidation sites excluding steroid dienone is 8. The Kier molecular flexibility index (Phi) is 57.3. The number of hydrogen-bond acceptors (Lipinski definition) is 8. The maximum Gasteiger partial charge on any atom is 0.306 e. The van der Waals surface area contributed by atoms with Crippen molar-refractivity contribution in [2.75, 3.05) is 47.5 Å². The number of likely N-dealkylation sites (N-methyl/N-ethyl adjacent to an activating group) is 1. The number of nitrogens with zero attached hydrogens (tertiary/aromatic N) is 1. The number of carbonyl (C=O) groups excluding carboxylic acids is 3. The number of carbonyl (C=O) groups is 3. The number of quaternary nitrogens is 1. The summed E-state index contributed by atoms with van der Waals surface area (Å²) < 4.78 is 22.7. The summed E-state index contributed by atoms with van der Waals surface area (Å²) in [6, 6.07) is 0. The van der Waals surface area contributed by atoms with Gasteiger partial charge in [-0.3, -0.25) is 9.59 Å². The van der Waals surface area contributed by atoms with Gasteiger partial charge in [0.15, 0.2) is 12.4 Å². The summed E-state index contributed by atoms with van der Waals surface area (Å²) in [5.74, 6) is -2.28. The predicted molar refractivity (Wildman–Crippen MR) is 325 cm³/mol. The second-order valence-corrected chi connectivity index (χ2v) is 23.4.